The lowest BCUT2D eigenvalue weighted by Crippen LogP contribution is -2.46. The van der Waals surface area contributed by atoms with Crippen LogP contribution in [0.2, 0.25) is 0 Å². The van der Waals surface area contributed by atoms with E-state index in [1.165, 1.54) is 0 Å². The Kier molecular flexibility index (Phi) is 4.26. The number of nitrogens with zero attached hydrogens (tertiary/aromatic N) is 2. The fourth-order valence-electron chi connectivity index (χ4n) is 3.68. The lowest BCUT2D eigenvalue weighted by Gasteiger charge is -2.38. The first-order chi connectivity index (χ1) is 10.5. The summed E-state index contributed by atoms with van der Waals surface area (Å²) >= 11 is 1.55. The molecule has 120 valence electrons. The van der Waals surface area contributed by atoms with E-state index >= 15 is 0 Å². The second-order valence-electron chi connectivity index (χ2n) is 6.98. The van der Waals surface area contributed by atoms with Crippen molar-refractivity contribution in [2.75, 3.05) is 26.2 Å². The maximum Gasteiger partial charge on any atom is 0.254 e. The molecule has 4 nitrogen and oxygen atoms in total. The van der Waals surface area contributed by atoms with Gasteiger partial charge in [0.15, 0.2) is 0 Å². The van der Waals surface area contributed by atoms with Gasteiger partial charge in [0.05, 0.1) is 11.0 Å². The summed E-state index contributed by atoms with van der Waals surface area (Å²) in [6, 6.07) is 1.88. The van der Waals surface area contributed by atoms with Gasteiger partial charge in [-0.2, -0.15) is 11.3 Å². The van der Waals surface area contributed by atoms with Gasteiger partial charge in [0, 0.05) is 31.6 Å². The number of piperidine rings is 1. The van der Waals surface area contributed by atoms with Crippen molar-refractivity contribution in [3.8, 4) is 0 Å². The van der Waals surface area contributed by atoms with Crippen LogP contribution in [-0.4, -0.2) is 47.8 Å². The molecule has 0 radical (unpaired) electrons. The van der Waals surface area contributed by atoms with Crippen LogP contribution in [-0.2, 0) is 4.79 Å². The quantitative estimate of drug-likeness (QED) is 0.859. The Labute approximate surface area is 136 Å². The van der Waals surface area contributed by atoms with Crippen LogP contribution >= 0.6 is 11.3 Å². The summed E-state index contributed by atoms with van der Waals surface area (Å²) in [6.45, 7) is 7.46. The van der Waals surface area contributed by atoms with Crippen LogP contribution in [0.5, 0.6) is 0 Å². The van der Waals surface area contributed by atoms with Crippen LogP contribution in [0.15, 0.2) is 16.8 Å². The highest BCUT2D eigenvalue weighted by atomic mass is 32.1. The first-order valence-corrected chi connectivity index (χ1v) is 9.07. The summed E-state index contributed by atoms with van der Waals surface area (Å²) in [5.74, 6) is 0.948. The average molecular weight is 320 g/mol. The number of amides is 2. The monoisotopic (exact) mass is 320 g/mol. The second kappa shape index (κ2) is 6.03. The molecule has 0 atom stereocenters. The van der Waals surface area contributed by atoms with E-state index in [9.17, 15) is 9.59 Å². The number of thiophene rings is 1. The number of hydrogen-bond acceptors (Lipinski definition) is 3. The summed E-state index contributed by atoms with van der Waals surface area (Å²) in [6.07, 6.45) is 2.59. The minimum atomic E-state index is -0.194. The average Bonchev–Trinajstić information content (AvgIpc) is 3.12. The van der Waals surface area contributed by atoms with E-state index in [1.807, 2.05) is 26.6 Å². The van der Waals surface area contributed by atoms with E-state index in [1.54, 1.807) is 11.3 Å². The maximum absolute atomic E-state index is 12.7. The Hall–Kier alpha value is -1.36. The van der Waals surface area contributed by atoms with E-state index in [0.29, 0.717) is 24.9 Å². The zero-order valence-electron chi connectivity index (χ0n) is 13.4. The van der Waals surface area contributed by atoms with Crippen molar-refractivity contribution in [2.24, 2.45) is 11.3 Å². The largest absolute Gasteiger partial charge is 0.342 e. The standard InChI is InChI=1S/C17H24N2O2S/c1-13(2)11-19-9-6-17(16(19)21)4-7-18(8-5-17)15(20)14-3-10-22-12-14/h3,10,12-13H,4-9,11H2,1-2H3. The number of carbonyl (C=O) groups is 2. The summed E-state index contributed by atoms with van der Waals surface area (Å²) in [7, 11) is 0. The second-order valence-corrected chi connectivity index (χ2v) is 7.76. The highest BCUT2D eigenvalue weighted by molar-refractivity contribution is 7.08. The van der Waals surface area contributed by atoms with Crippen molar-refractivity contribution in [1.29, 1.82) is 0 Å². The Morgan fingerprint density at radius 2 is 1.95 bits per heavy atom. The first-order valence-electron chi connectivity index (χ1n) is 8.13. The zero-order valence-corrected chi connectivity index (χ0v) is 14.2. The topological polar surface area (TPSA) is 40.6 Å². The van der Waals surface area contributed by atoms with E-state index in [-0.39, 0.29) is 11.3 Å². The van der Waals surface area contributed by atoms with Gasteiger partial charge in [-0.25, -0.2) is 0 Å². The van der Waals surface area contributed by atoms with Gasteiger partial charge in [0.1, 0.15) is 0 Å². The number of likely N-dealkylation sites (tertiary alicyclic amines) is 2. The normalized spacial score (nSPS) is 21.1. The van der Waals surface area contributed by atoms with Gasteiger partial charge in [-0.15, -0.1) is 0 Å². The van der Waals surface area contributed by atoms with Crippen molar-refractivity contribution < 1.29 is 9.59 Å². The third kappa shape index (κ3) is 2.78. The number of carbonyl (C=O) groups excluding carboxylic acids is 2. The summed E-state index contributed by atoms with van der Waals surface area (Å²) in [5.41, 5.74) is 0.584. The molecular weight excluding hydrogens is 296 g/mol. The molecule has 0 N–H and O–H groups in total. The molecule has 0 aliphatic carbocycles. The smallest absolute Gasteiger partial charge is 0.254 e. The van der Waals surface area contributed by atoms with Crippen LogP contribution < -0.4 is 0 Å². The van der Waals surface area contributed by atoms with Crippen LogP contribution in [0.1, 0.15) is 43.5 Å². The Morgan fingerprint density at radius 3 is 2.55 bits per heavy atom. The van der Waals surface area contributed by atoms with Gasteiger partial charge in [-0.3, -0.25) is 9.59 Å². The van der Waals surface area contributed by atoms with Gasteiger partial charge in [0.25, 0.3) is 5.91 Å². The molecule has 1 aromatic rings. The molecule has 3 heterocycles. The SMILES string of the molecule is CC(C)CN1CCC2(CCN(C(=O)c3ccsc3)CC2)C1=O. The number of hydrogen-bond donors (Lipinski definition) is 0. The molecule has 1 spiro atoms. The van der Waals surface area contributed by atoms with E-state index in [4.69, 9.17) is 0 Å². The molecule has 0 bridgehead atoms. The van der Waals surface area contributed by atoms with E-state index < -0.39 is 0 Å². The minimum absolute atomic E-state index is 0.112. The molecular formula is C17H24N2O2S. The molecule has 2 aliphatic rings. The Morgan fingerprint density at radius 1 is 1.27 bits per heavy atom. The van der Waals surface area contributed by atoms with E-state index in [2.05, 4.69) is 13.8 Å². The van der Waals surface area contributed by atoms with Crippen molar-refractivity contribution in [3.63, 3.8) is 0 Å². The minimum Gasteiger partial charge on any atom is -0.342 e. The maximum atomic E-state index is 12.7. The molecule has 2 amide bonds. The predicted molar refractivity (Wildman–Crippen MR) is 87.9 cm³/mol. The molecule has 2 fully saturated rings. The third-order valence-corrected chi connectivity index (χ3v) is 5.65. The summed E-state index contributed by atoms with van der Waals surface area (Å²) < 4.78 is 0. The summed E-state index contributed by atoms with van der Waals surface area (Å²) in [5, 5.41) is 3.83. The zero-order chi connectivity index (χ0) is 15.7. The molecule has 5 heteroatoms. The molecule has 0 aromatic carbocycles. The lowest BCUT2D eigenvalue weighted by molar-refractivity contribution is -0.138. The van der Waals surface area contributed by atoms with Crippen LogP contribution in [0.3, 0.4) is 0 Å². The van der Waals surface area contributed by atoms with Crippen molar-refractivity contribution >= 4 is 23.2 Å². The number of rotatable bonds is 3. The molecule has 2 aliphatic heterocycles. The Bertz CT molecular complexity index is 545. The van der Waals surface area contributed by atoms with Gasteiger partial charge in [0.2, 0.25) is 5.91 Å². The highest BCUT2D eigenvalue weighted by Crippen LogP contribution is 2.42. The van der Waals surface area contributed by atoms with Gasteiger partial charge in [-0.1, -0.05) is 13.8 Å². The van der Waals surface area contributed by atoms with Crippen molar-refractivity contribution in [2.45, 2.75) is 33.1 Å². The van der Waals surface area contributed by atoms with Crippen LogP contribution in [0.4, 0.5) is 0 Å². The predicted octanol–water partition coefficient (Wildman–Crippen LogP) is 2.86. The first kappa shape index (κ1) is 15.5. The molecule has 0 saturated carbocycles. The highest BCUT2D eigenvalue weighted by Gasteiger charge is 2.48. The van der Waals surface area contributed by atoms with Crippen molar-refractivity contribution in [3.05, 3.63) is 22.4 Å². The molecule has 0 unspecified atom stereocenters. The van der Waals surface area contributed by atoms with E-state index in [0.717, 1.165) is 37.9 Å². The molecule has 2 saturated heterocycles. The van der Waals surface area contributed by atoms with Gasteiger partial charge >= 0.3 is 0 Å². The fraction of sp³-hybridized carbons (Fsp3) is 0.647. The lowest BCUT2D eigenvalue weighted by atomic mass is 9.77. The van der Waals surface area contributed by atoms with Gasteiger partial charge < -0.3 is 9.80 Å². The molecule has 22 heavy (non-hydrogen) atoms. The summed E-state index contributed by atoms with van der Waals surface area (Å²) in [4.78, 5) is 29.1. The fourth-order valence-corrected chi connectivity index (χ4v) is 4.31. The van der Waals surface area contributed by atoms with Crippen molar-refractivity contribution in [1.82, 2.24) is 9.80 Å². The van der Waals surface area contributed by atoms with Crippen LogP contribution in [0.25, 0.3) is 0 Å². The van der Waals surface area contributed by atoms with Crippen LogP contribution in [0, 0.1) is 11.3 Å². The third-order valence-electron chi connectivity index (χ3n) is 4.96. The molecule has 3 rings (SSSR count). The van der Waals surface area contributed by atoms with Gasteiger partial charge in [-0.05, 0) is 36.6 Å². The Balaban J connectivity index is 1.62. The molecule has 1 aromatic heterocycles.